The van der Waals surface area contributed by atoms with Gasteiger partial charge in [-0.05, 0) is 43.5 Å². The van der Waals surface area contributed by atoms with Crippen LogP contribution in [0.2, 0.25) is 0 Å². The number of likely N-dealkylation sites (tertiary alicyclic amines) is 1. The van der Waals surface area contributed by atoms with Crippen LogP contribution in [-0.2, 0) is 24.9 Å². The monoisotopic (exact) mass is 420 g/mol. The highest BCUT2D eigenvalue weighted by Crippen LogP contribution is 2.18. The lowest BCUT2D eigenvalue weighted by atomic mass is 10.1. The van der Waals surface area contributed by atoms with E-state index in [1.165, 1.54) is 20.3 Å². The van der Waals surface area contributed by atoms with E-state index >= 15 is 0 Å². The second kappa shape index (κ2) is 8.89. The Kier molecular flexibility index (Phi) is 6.04. The van der Waals surface area contributed by atoms with Crippen LogP contribution >= 0.6 is 0 Å². The summed E-state index contributed by atoms with van der Waals surface area (Å²) in [4.78, 5) is 39.7. The van der Waals surface area contributed by atoms with Gasteiger partial charge < -0.3 is 9.88 Å². The Morgan fingerprint density at radius 3 is 2.48 bits per heavy atom. The molecule has 4 rings (SSSR count). The molecule has 0 radical (unpaired) electrons. The van der Waals surface area contributed by atoms with Crippen LogP contribution in [0.1, 0.15) is 17.5 Å². The van der Waals surface area contributed by atoms with Gasteiger partial charge in [0, 0.05) is 26.7 Å². The summed E-state index contributed by atoms with van der Waals surface area (Å²) in [7, 11) is 1.57. The Morgan fingerprint density at radius 2 is 1.74 bits per heavy atom. The standard InChI is InChI=1S/C24H28N4O3/c1-17-7-9-18(10-8-17)14-27-12-11-19(15-27)13-25-22(29)16-28-21-6-4-3-5-20(21)26(2)23(30)24(28)31/h3-10,19H,11-16H2,1-2H3,(H,25,29). The number of benzene rings is 2. The number of hydrogen-bond acceptors (Lipinski definition) is 4. The maximum Gasteiger partial charge on any atom is 0.317 e. The van der Waals surface area contributed by atoms with Gasteiger partial charge >= 0.3 is 11.1 Å². The fraction of sp³-hybridized carbons (Fsp3) is 0.375. The molecule has 31 heavy (non-hydrogen) atoms. The number of nitrogens with one attached hydrogen (secondary N) is 1. The average molecular weight is 421 g/mol. The Hall–Kier alpha value is -3.19. The van der Waals surface area contributed by atoms with Crippen LogP contribution in [0.3, 0.4) is 0 Å². The molecule has 0 spiro atoms. The molecule has 0 aliphatic carbocycles. The second-order valence-corrected chi connectivity index (χ2v) is 8.42. The first-order chi connectivity index (χ1) is 14.9. The third-order valence-electron chi connectivity index (χ3n) is 6.05. The molecule has 1 unspecified atom stereocenters. The van der Waals surface area contributed by atoms with E-state index in [1.807, 2.05) is 0 Å². The topological polar surface area (TPSA) is 76.3 Å². The smallest absolute Gasteiger partial charge is 0.317 e. The molecule has 0 saturated carbocycles. The summed E-state index contributed by atoms with van der Waals surface area (Å²) < 4.78 is 2.60. The van der Waals surface area contributed by atoms with Gasteiger partial charge in [-0.3, -0.25) is 23.9 Å². The van der Waals surface area contributed by atoms with Crippen molar-refractivity contribution < 1.29 is 4.79 Å². The summed E-state index contributed by atoms with van der Waals surface area (Å²) in [6.45, 7) is 5.36. The van der Waals surface area contributed by atoms with Crippen molar-refractivity contribution >= 4 is 16.9 Å². The van der Waals surface area contributed by atoms with Crippen molar-refractivity contribution in [1.29, 1.82) is 0 Å². The first kappa shape index (κ1) is 21.1. The molecule has 1 aliphatic heterocycles. The van der Waals surface area contributed by atoms with Crippen molar-refractivity contribution in [2.45, 2.75) is 26.4 Å². The van der Waals surface area contributed by atoms with Crippen LogP contribution in [0, 0.1) is 12.8 Å². The zero-order valence-electron chi connectivity index (χ0n) is 18.0. The lowest BCUT2D eigenvalue weighted by molar-refractivity contribution is -0.121. The first-order valence-corrected chi connectivity index (χ1v) is 10.7. The summed E-state index contributed by atoms with van der Waals surface area (Å²) in [6, 6.07) is 15.7. The Balaban J connectivity index is 1.36. The van der Waals surface area contributed by atoms with Gasteiger partial charge in [0.1, 0.15) is 6.54 Å². The van der Waals surface area contributed by atoms with E-state index in [2.05, 4.69) is 41.4 Å². The Bertz CT molecular complexity index is 1210. The molecule has 7 nitrogen and oxygen atoms in total. The van der Waals surface area contributed by atoms with Crippen LogP contribution in [0.4, 0.5) is 0 Å². The number of carbonyl (C=O) groups excluding carboxylic acids is 1. The third kappa shape index (κ3) is 4.61. The van der Waals surface area contributed by atoms with E-state index in [0.29, 0.717) is 23.5 Å². The molecule has 1 saturated heterocycles. The van der Waals surface area contributed by atoms with Crippen molar-refractivity contribution in [1.82, 2.24) is 19.4 Å². The predicted octanol–water partition coefficient (Wildman–Crippen LogP) is 1.65. The molecular weight excluding hydrogens is 392 g/mol. The molecule has 1 fully saturated rings. The van der Waals surface area contributed by atoms with Crippen LogP contribution < -0.4 is 16.4 Å². The van der Waals surface area contributed by atoms with Crippen LogP contribution in [0.5, 0.6) is 0 Å². The highest BCUT2D eigenvalue weighted by molar-refractivity contribution is 5.80. The van der Waals surface area contributed by atoms with E-state index in [9.17, 15) is 14.4 Å². The van der Waals surface area contributed by atoms with E-state index in [-0.39, 0.29) is 12.5 Å². The fourth-order valence-electron chi connectivity index (χ4n) is 4.24. The van der Waals surface area contributed by atoms with Crippen molar-refractivity contribution in [2.24, 2.45) is 13.0 Å². The molecule has 1 amide bonds. The summed E-state index contributed by atoms with van der Waals surface area (Å²) in [6.07, 6.45) is 1.03. The lowest BCUT2D eigenvalue weighted by Crippen LogP contribution is -2.43. The third-order valence-corrected chi connectivity index (χ3v) is 6.05. The zero-order valence-corrected chi connectivity index (χ0v) is 18.0. The largest absolute Gasteiger partial charge is 0.354 e. The number of nitrogens with zero attached hydrogens (tertiary/aromatic N) is 3. The minimum Gasteiger partial charge on any atom is -0.354 e. The molecular formula is C24H28N4O3. The van der Waals surface area contributed by atoms with Gasteiger partial charge in [-0.2, -0.15) is 0 Å². The number of carbonyl (C=O) groups is 1. The molecule has 162 valence electrons. The molecule has 1 atom stereocenters. The highest BCUT2D eigenvalue weighted by atomic mass is 16.2. The van der Waals surface area contributed by atoms with Gasteiger partial charge in [0.2, 0.25) is 5.91 Å². The predicted molar refractivity (Wildman–Crippen MR) is 121 cm³/mol. The van der Waals surface area contributed by atoms with E-state index < -0.39 is 11.1 Å². The number of fused-ring (bicyclic) bond motifs is 1. The molecule has 2 heterocycles. The SMILES string of the molecule is Cc1ccc(CN2CCC(CNC(=O)Cn3c(=O)c(=O)n(C)c4ccccc43)C2)cc1. The minimum absolute atomic E-state index is 0.158. The minimum atomic E-state index is -0.679. The first-order valence-electron chi connectivity index (χ1n) is 10.7. The molecule has 1 aliphatic rings. The van der Waals surface area contributed by atoms with Gasteiger partial charge in [-0.15, -0.1) is 0 Å². The van der Waals surface area contributed by atoms with Crippen molar-refractivity contribution in [3.8, 4) is 0 Å². The quantitative estimate of drug-likeness (QED) is 0.616. The molecule has 7 heteroatoms. The van der Waals surface area contributed by atoms with E-state index in [4.69, 9.17) is 0 Å². The lowest BCUT2D eigenvalue weighted by Gasteiger charge is -2.17. The van der Waals surface area contributed by atoms with Crippen molar-refractivity contribution in [3.63, 3.8) is 0 Å². The Morgan fingerprint density at radius 1 is 1.03 bits per heavy atom. The van der Waals surface area contributed by atoms with Crippen LogP contribution in [0.15, 0.2) is 58.1 Å². The van der Waals surface area contributed by atoms with Gasteiger partial charge in [0.25, 0.3) is 0 Å². The Labute approximate surface area is 180 Å². The van der Waals surface area contributed by atoms with Gasteiger partial charge in [0.05, 0.1) is 11.0 Å². The molecule has 3 aromatic rings. The number of hydrogen-bond donors (Lipinski definition) is 1. The zero-order chi connectivity index (χ0) is 22.0. The van der Waals surface area contributed by atoms with Crippen LogP contribution in [-0.4, -0.2) is 39.6 Å². The van der Waals surface area contributed by atoms with Gasteiger partial charge in [-0.1, -0.05) is 42.0 Å². The number of para-hydroxylation sites is 2. The van der Waals surface area contributed by atoms with E-state index in [0.717, 1.165) is 26.1 Å². The maximum atomic E-state index is 12.6. The summed E-state index contributed by atoms with van der Waals surface area (Å²) in [5.74, 6) is 0.129. The number of aromatic nitrogens is 2. The summed E-state index contributed by atoms with van der Waals surface area (Å²) in [5, 5.41) is 2.96. The molecule has 1 aromatic heterocycles. The van der Waals surface area contributed by atoms with Crippen molar-refractivity contribution in [3.05, 3.63) is 80.4 Å². The van der Waals surface area contributed by atoms with Gasteiger partial charge in [-0.25, -0.2) is 0 Å². The van der Waals surface area contributed by atoms with Crippen LogP contribution in [0.25, 0.3) is 11.0 Å². The number of aryl methyl sites for hydroxylation is 2. The molecule has 1 N–H and O–H groups in total. The van der Waals surface area contributed by atoms with Gasteiger partial charge in [0.15, 0.2) is 0 Å². The average Bonchev–Trinajstić information content (AvgIpc) is 3.22. The number of amides is 1. The number of rotatable bonds is 6. The summed E-state index contributed by atoms with van der Waals surface area (Å²) in [5.41, 5.74) is 2.45. The van der Waals surface area contributed by atoms with Crippen molar-refractivity contribution in [2.75, 3.05) is 19.6 Å². The molecule has 2 aromatic carbocycles. The second-order valence-electron chi connectivity index (χ2n) is 8.42. The fourth-order valence-corrected chi connectivity index (χ4v) is 4.24. The van der Waals surface area contributed by atoms with E-state index in [1.54, 1.807) is 31.3 Å². The summed E-state index contributed by atoms with van der Waals surface area (Å²) >= 11 is 0. The normalized spacial score (nSPS) is 16.6. The molecule has 0 bridgehead atoms. The maximum absolute atomic E-state index is 12.6. The highest BCUT2D eigenvalue weighted by Gasteiger charge is 2.23.